The van der Waals surface area contributed by atoms with Gasteiger partial charge in [-0.1, -0.05) is 23.7 Å². The van der Waals surface area contributed by atoms with Crippen molar-refractivity contribution in [2.75, 3.05) is 7.11 Å². The Kier molecular flexibility index (Phi) is 3.73. The van der Waals surface area contributed by atoms with E-state index in [0.29, 0.717) is 16.3 Å². The molecule has 1 unspecified atom stereocenters. The number of fused-ring (bicyclic) bond motifs is 1. The highest BCUT2D eigenvalue weighted by Crippen LogP contribution is 2.31. The highest BCUT2D eigenvalue weighted by atomic mass is 35.5. The van der Waals surface area contributed by atoms with Gasteiger partial charge in [-0.25, -0.2) is 0 Å². The number of methoxy groups -OCH3 is 1. The number of hydrogen-bond donors (Lipinski definition) is 1. The third-order valence-corrected chi connectivity index (χ3v) is 3.61. The Morgan fingerprint density at radius 2 is 1.67 bits per heavy atom. The molecule has 0 bridgehead atoms. The molecule has 1 N–H and O–H groups in total. The van der Waals surface area contributed by atoms with Crippen molar-refractivity contribution >= 4 is 22.6 Å². The van der Waals surface area contributed by atoms with Gasteiger partial charge in [-0.3, -0.25) is 9.97 Å². The van der Waals surface area contributed by atoms with E-state index in [0.717, 1.165) is 16.6 Å². The van der Waals surface area contributed by atoms with E-state index >= 15 is 0 Å². The number of ether oxygens (including phenoxy) is 1. The van der Waals surface area contributed by atoms with Crippen LogP contribution in [0, 0.1) is 0 Å². The highest BCUT2D eigenvalue weighted by Gasteiger charge is 2.13. The van der Waals surface area contributed by atoms with Crippen LogP contribution < -0.4 is 4.74 Å². The minimum absolute atomic E-state index is 0.512. The number of hydrogen-bond acceptors (Lipinski definition) is 4. The number of benzene rings is 2. The van der Waals surface area contributed by atoms with Crippen molar-refractivity contribution in [1.29, 1.82) is 0 Å². The molecule has 4 nitrogen and oxygen atoms in total. The maximum Gasteiger partial charge on any atom is 0.137 e. The fourth-order valence-corrected chi connectivity index (χ4v) is 2.38. The molecule has 1 heterocycles. The molecule has 3 rings (SSSR count). The van der Waals surface area contributed by atoms with Gasteiger partial charge in [-0.15, -0.1) is 0 Å². The van der Waals surface area contributed by atoms with E-state index in [4.69, 9.17) is 16.3 Å². The minimum atomic E-state index is -0.775. The third-order valence-electron chi connectivity index (χ3n) is 3.30. The van der Waals surface area contributed by atoms with Crippen LogP contribution in [0.2, 0.25) is 5.02 Å². The van der Waals surface area contributed by atoms with Gasteiger partial charge in [0.15, 0.2) is 0 Å². The SMILES string of the molecule is COc1cc(C(O)c2ccc3nccnc3c2)ccc1Cl. The molecule has 2 aromatic carbocycles. The largest absolute Gasteiger partial charge is 0.495 e. The van der Waals surface area contributed by atoms with Crippen LogP contribution in [0.25, 0.3) is 11.0 Å². The summed E-state index contributed by atoms with van der Waals surface area (Å²) in [5.74, 6) is 0.536. The number of rotatable bonds is 3. The summed E-state index contributed by atoms with van der Waals surface area (Å²) in [5, 5.41) is 11.0. The summed E-state index contributed by atoms with van der Waals surface area (Å²) in [6, 6.07) is 10.7. The summed E-state index contributed by atoms with van der Waals surface area (Å²) in [5.41, 5.74) is 2.99. The molecular weight excluding hydrogens is 288 g/mol. The summed E-state index contributed by atoms with van der Waals surface area (Å²) >= 11 is 6.00. The predicted octanol–water partition coefficient (Wildman–Crippen LogP) is 3.37. The molecule has 21 heavy (non-hydrogen) atoms. The van der Waals surface area contributed by atoms with Crippen molar-refractivity contribution < 1.29 is 9.84 Å². The first-order chi connectivity index (χ1) is 10.2. The van der Waals surface area contributed by atoms with Crippen molar-refractivity contribution in [3.8, 4) is 5.75 Å². The summed E-state index contributed by atoms with van der Waals surface area (Å²) in [6.45, 7) is 0. The first-order valence-corrected chi connectivity index (χ1v) is 6.79. The number of nitrogens with zero attached hydrogens (tertiary/aromatic N) is 2. The number of aliphatic hydroxyl groups excluding tert-OH is 1. The van der Waals surface area contributed by atoms with E-state index in [1.165, 1.54) is 0 Å². The van der Waals surface area contributed by atoms with Crippen LogP contribution in [-0.4, -0.2) is 22.2 Å². The molecule has 0 spiro atoms. The molecule has 0 aliphatic carbocycles. The molecule has 0 fully saturated rings. The van der Waals surface area contributed by atoms with E-state index in [1.54, 1.807) is 37.7 Å². The first-order valence-electron chi connectivity index (χ1n) is 6.41. The Morgan fingerprint density at radius 3 is 2.43 bits per heavy atom. The maximum absolute atomic E-state index is 10.5. The van der Waals surface area contributed by atoms with Gasteiger partial charge < -0.3 is 9.84 Å². The van der Waals surface area contributed by atoms with Crippen molar-refractivity contribution in [2.24, 2.45) is 0 Å². The van der Waals surface area contributed by atoms with Crippen molar-refractivity contribution in [3.63, 3.8) is 0 Å². The Morgan fingerprint density at radius 1 is 1.00 bits per heavy atom. The Labute approximate surface area is 127 Å². The standard InChI is InChI=1S/C16H13ClN2O2/c1-21-15-9-11(2-4-12(15)17)16(20)10-3-5-13-14(8-10)19-7-6-18-13/h2-9,16,20H,1H3. The van der Waals surface area contributed by atoms with E-state index in [9.17, 15) is 5.11 Å². The second-order valence-corrected chi connectivity index (χ2v) is 5.01. The molecule has 106 valence electrons. The van der Waals surface area contributed by atoms with Crippen LogP contribution in [0.5, 0.6) is 5.75 Å². The van der Waals surface area contributed by atoms with Crippen LogP contribution in [0.4, 0.5) is 0 Å². The summed E-state index contributed by atoms with van der Waals surface area (Å²) in [7, 11) is 1.54. The maximum atomic E-state index is 10.5. The van der Waals surface area contributed by atoms with E-state index in [-0.39, 0.29) is 0 Å². The quantitative estimate of drug-likeness (QED) is 0.805. The van der Waals surface area contributed by atoms with Gasteiger partial charge in [0.1, 0.15) is 11.9 Å². The van der Waals surface area contributed by atoms with E-state index in [1.807, 2.05) is 18.2 Å². The summed E-state index contributed by atoms with van der Waals surface area (Å²) in [6.07, 6.45) is 2.49. The van der Waals surface area contributed by atoms with Gasteiger partial charge in [-0.2, -0.15) is 0 Å². The van der Waals surface area contributed by atoms with Crippen LogP contribution in [-0.2, 0) is 0 Å². The van der Waals surface area contributed by atoms with E-state index < -0.39 is 6.10 Å². The van der Waals surface area contributed by atoms with Crippen molar-refractivity contribution in [2.45, 2.75) is 6.10 Å². The monoisotopic (exact) mass is 300 g/mol. The fourth-order valence-electron chi connectivity index (χ4n) is 2.19. The lowest BCUT2D eigenvalue weighted by molar-refractivity contribution is 0.220. The first kappa shape index (κ1) is 13.8. The van der Waals surface area contributed by atoms with Gasteiger partial charge in [0.25, 0.3) is 0 Å². The second kappa shape index (κ2) is 5.68. The van der Waals surface area contributed by atoms with Gasteiger partial charge in [0.05, 0.1) is 23.2 Å². The molecule has 0 saturated heterocycles. The van der Waals surface area contributed by atoms with Gasteiger partial charge in [0, 0.05) is 12.4 Å². The lowest BCUT2D eigenvalue weighted by Gasteiger charge is -2.13. The van der Waals surface area contributed by atoms with E-state index in [2.05, 4.69) is 9.97 Å². The normalized spacial score (nSPS) is 12.3. The molecule has 0 saturated carbocycles. The van der Waals surface area contributed by atoms with Gasteiger partial charge >= 0.3 is 0 Å². The number of aromatic nitrogens is 2. The molecule has 5 heteroatoms. The summed E-state index contributed by atoms with van der Waals surface area (Å²) < 4.78 is 5.18. The lowest BCUT2D eigenvalue weighted by Crippen LogP contribution is -2.00. The molecule has 1 aromatic heterocycles. The topological polar surface area (TPSA) is 55.2 Å². The van der Waals surface area contributed by atoms with Crippen LogP contribution in [0.1, 0.15) is 17.2 Å². The Bertz CT molecular complexity index is 792. The zero-order chi connectivity index (χ0) is 14.8. The zero-order valence-electron chi connectivity index (χ0n) is 11.3. The van der Waals surface area contributed by atoms with Crippen molar-refractivity contribution in [3.05, 3.63) is 64.9 Å². The molecule has 3 aromatic rings. The van der Waals surface area contributed by atoms with Gasteiger partial charge in [-0.05, 0) is 35.4 Å². The van der Waals surface area contributed by atoms with Crippen LogP contribution in [0.3, 0.4) is 0 Å². The molecular formula is C16H13ClN2O2. The summed E-state index contributed by atoms with van der Waals surface area (Å²) in [4.78, 5) is 8.46. The Hall–Kier alpha value is -2.17. The minimum Gasteiger partial charge on any atom is -0.495 e. The number of aliphatic hydroxyl groups is 1. The second-order valence-electron chi connectivity index (χ2n) is 4.60. The molecule has 0 amide bonds. The molecule has 0 radical (unpaired) electrons. The smallest absolute Gasteiger partial charge is 0.137 e. The third kappa shape index (κ3) is 2.68. The average Bonchev–Trinajstić information content (AvgIpc) is 2.54. The zero-order valence-corrected chi connectivity index (χ0v) is 12.1. The fraction of sp³-hybridized carbons (Fsp3) is 0.125. The van der Waals surface area contributed by atoms with Crippen molar-refractivity contribution in [1.82, 2.24) is 9.97 Å². The average molecular weight is 301 g/mol. The van der Waals surface area contributed by atoms with Crippen LogP contribution >= 0.6 is 11.6 Å². The molecule has 0 aliphatic heterocycles. The Balaban J connectivity index is 2.01. The molecule has 0 aliphatic rings. The highest BCUT2D eigenvalue weighted by molar-refractivity contribution is 6.32. The number of halogens is 1. The predicted molar refractivity (Wildman–Crippen MR) is 81.6 cm³/mol. The van der Waals surface area contributed by atoms with Gasteiger partial charge in [0.2, 0.25) is 0 Å². The van der Waals surface area contributed by atoms with Crippen LogP contribution in [0.15, 0.2) is 48.8 Å². The lowest BCUT2D eigenvalue weighted by atomic mass is 10.0. The molecule has 1 atom stereocenters.